The lowest BCUT2D eigenvalue weighted by atomic mass is 10.2. The van der Waals surface area contributed by atoms with Gasteiger partial charge in [-0.2, -0.15) is 0 Å². The van der Waals surface area contributed by atoms with Crippen LogP contribution in [0.15, 0.2) is 52.4 Å². The van der Waals surface area contributed by atoms with Crippen LogP contribution < -0.4 is 15.0 Å². The molecule has 4 rings (SSSR count). The molecule has 180 valence electrons. The molecule has 1 aliphatic heterocycles. The Morgan fingerprint density at radius 3 is 2.71 bits per heavy atom. The lowest BCUT2D eigenvalue weighted by molar-refractivity contribution is -0.127. The van der Waals surface area contributed by atoms with Crippen molar-refractivity contribution < 1.29 is 14.3 Å². The highest BCUT2D eigenvalue weighted by atomic mass is 32.2. The molecule has 7 nitrogen and oxygen atoms in total. The smallest absolute Gasteiger partial charge is 0.262 e. The number of unbranched alkanes of at least 4 members (excludes halogenated alkanes) is 3. The van der Waals surface area contributed by atoms with E-state index in [2.05, 4.69) is 6.92 Å². The van der Waals surface area contributed by atoms with Gasteiger partial charge in [-0.3, -0.25) is 14.2 Å². The number of ether oxygens (including phenoxy) is 2. The van der Waals surface area contributed by atoms with Crippen molar-refractivity contribution in [1.82, 2.24) is 14.5 Å². The van der Waals surface area contributed by atoms with Crippen molar-refractivity contribution in [3.05, 3.63) is 58.4 Å². The standard InChI is InChI=1S/C26H31N3O4S/c1-3-4-5-8-13-29-25(31)20-9-6-7-10-21(20)27-26(29)34-18-24(30)28(2)17-19-11-12-22-23(16-19)33-15-14-32-22/h6-7,9-12,16H,3-5,8,13-15,17-18H2,1-2H3. The highest BCUT2D eigenvalue weighted by molar-refractivity contribution is 7.99. The van der Waals surface area contributed by atoms with Crippen LogP contribution in [0.3, 0.4) is 0 Å². The van der Waals surface area contributed by atoms with Crippen molar-refractivity contribution >= 4 is 28.6 Å². The predicted octanol–water partition coefficient (Wildman–Crippen LogP) is 4.50. The fraction of sp³-hybridized carbons (Fsp3) is 0.423. The van der Waals surface area contributed by atoms with Crippen LogP contribution in [-0.4, -0.2) is 46.4 Å². The predicted molar refractivity (Wildman–Crippen MR) is 135 cm³/mol. The van der Waals surface area contributed by atoms with Gasteiger partial charge in [0.15, 0.2) is 16.7 Å². The van der Waals surface area contributed by atoms with E-state index in [1.807, 2.05) is 42.5 Å². The number of hydrogen-bond donors (Lipinski definition) is 0. The maximum atomic E-state index is 13.1. The zero-order valence-corrected chi connectivity index (χ0v) is 20.6. The molecule has 8 heteroatoms. The topological polar surface area (TPSA) is 73.7 Å². The van der Waals surface area contributed by atoms with Crippen molar-refractivity contribution in [2.24, 2.45) is 0 Å². The molecule has 0 saturated heterocycles. The van der Waals surface area contributed by atoms with Gasteiger partial charge in [0.25, 0.3) is 5.56 Å². The maximum absolute atomic E-state index is 13.1. The van der Waals surface area contributed by atoms with Gasteiger partial charge >= 0.3 is 0 Å². The van der Waals surface area contributed by atoms with Crippen LogP contribution in [0, 0.1) is 0 Å². The fourth-order valence-corrected chi connectivity index (χ4v) is 4.90. The SMILES string of the molecule is CCCCCCn1c(SCC(=O)N(C)Cc2ccc3c(c2)OCCO3)nc2ccccc2c1=O. The third-order valence-corrected chi connectivity index (χ3v) is 6.80. The Labute approximate surface area is 204 Å². The van der Waals surface area contributed by atoms with Gasteiger partial charge in [-0.05, 0) is 36.2 Å². The van der Waals surface area contributed by atoms with Gasteiger partial charge in [0.2, 0.25) is 5.91 Å². The quantitative estimate of drug-likeness (QED) is 0.241. The number of hydrogen-bond acceptors (Lipinski definition) is 6. The number of aromatic nitrogens is 2. The number of carbonyl (C=O) groups excluding carboxylic acids is 1. The third kappa shape index (κ3) is 5.73. The first-order chi connectivity index (χ1) is 16.6. The Morgan fingerprint density at radius 1 is 1.09 bits per heavy atom. The number of fused-ring (bicyclic) bond motifs is 2. The first-order valence-corrected chi connectivity index (χ1v) is 12.8. The average molecular weight is 482 g/mol. The minimum Gasteiger partial charge on any atom is -0.486 e. The summed E-state index contributed by atoms with van der Waals surface area (Å²) < 4.78 is 12.9. The van der Waals surface area contributed by atoms with Crippen LogP contribution in [0.5, 0.6) is 11.5 Å². The molecule has 0 saturated carbocycles. The van der Waals surface area contributed by atoms with Crippen molar-refractivity contribution in [3.8, 4) is 11.5 Å². The molecule has 0 unspecified atom stereocenters. The summed E-state index contributed by atoms with van der Waals surface area (Å²) >= 11 is 1.33. The number of para-hydroxylation sites is 1. The summed E-state index contributed by atoms with van der Waals surface area (Å²) in [6, 6.07) is 13.1. The van der Waals surface area contributed by atoms with Gasteiger partial charge in [0.1, 0.15) is 13.2 Å². The lowest BCUT2D eigenvalue weighted by Crippen LogP contribution is -2.29. The van der Waals surface area contributed by atoms with Crippen molar-refractivity contribution in [1.29, 1.82) is 0 Å². The van der Waals surface area contributed by atoms with Gasteiger partial charge < -0.3 is 14.4 Å². The Kier molecular flexibility index (Phi) is 8.11. The Morgan fingerprint density at radius 2 is 1.88 bits per heavy atom. The van der Waals surface area contributed by atoms with Crippen LogP contribution in [0.1, 0.15) is 38.2 Å². The largest absolute Gasteiger partial charge is 0.486 e. The monoisotopic (exact) mass is 481 g/mol. The molecule has 0 fully saturated rings. The van der Waals surface area contributed by atoms with Crippen LogP contribution >= 0.6 is 11.8 Å². The number of benzene rings is 2. The number of amides is 1. The van der Waals surface area contributed by atoms with Gasteiger partial charge in [0, 0.05) is 20.1 Å². The fourth-order valence-electron chi connectivity index (χ4n) is 3.94. The highest BCUT2D eigenvalue weighted by Gasteiger charge is 2.17. The molecule has 3 aromatic rings. The van der Waals surface area contributed by atoms with Crippen LogP contribution in [0.2, 0.25) is 0 Å². The molecule has 0 spiro atoms. The second-order valence-corrected chi connectivity index (χ2v) is 9.39. The first-order valence-electron chi connectivity index (χ1n) is 11.8. The van der Waals surface area contributed by atoms with Crippen molar-refractivity contribution in [2.75, 3.05) is 26.0 Å². The summed E-state index contributed by atoms with van der Waals surface area (Å²) in [5.41, 5.74) is 1.60. The average Bonchev–Trinajstić information content (AvgIpc) is 2.86. The number of thioether (sulfide) groups is 1. The summed E-state index contributed by atoms with van der Waals surface area (Å²) in [6.45, 7) is 4.32. The molecule has 0 atom stereocenters. The number of carbonyl (C=O) groups is 1. The summed E-state index contributed by atoms with van der Waals surface area (Å²) in [7, 11) is 1.78. The first kappa shape index (κ1) is 24.1. The van der Waals surface area contributed by atoms with Gasteiger partial charge in [-0.15, -0.1) is 0 Å². The normalized spacial score (nSPS) is 12.6. The molecule has 1 amide bonds. The Hall–Kier alpha value is -3.00. The van der Waals surface area contributed by atoms with E-state index in [0.29, 0.717) is 48.1 Å². The minimum absolute atomic E-state index is 0.0279. The lowest BCUT2D eigenvalue weighted by Gasteiger charge is -2.21. The van der Waals surface area contributed by atoms with Gasteiger partial charge in [-0.25, -0.2) is 4.98 Å². The van der Waals surface area contributed by atoms with Crippen LogP contribution in [-0.2, 0) is 17.9 Å². The van der Waals surface area contributed by atoms with E-state index in [-0.39, 0.29) is 17.2 Å². The molecule has 34 heavy (non-hydrogen) atoms. The summed E-state index contributed by atoms with van der Waals surface area (Å²) in [5, 5.41) is 1.21. The van der Waals surface area contributed by atoms with E-state index < -0.39 is 0 Å². The molecule has 0 aliphatic carbocycles. The zero-order valence-electron chi connectivity index (χ0n) is 19.8. The Balaban J connectivity index is 1.45. The molecule has 1 aromatic heterocycles. The van der Waals surface area contributed by atoms with Gasteiger partial charge in [0.05, 0.1) is 16.7 Å². The Bertz CT molecular complexity index is 1210. The molecular formula is C26H31N3O4S. The molecule has 0 N–H and O–H groups in total. The highest BCUT2D eigenvalue weighted by Crippen LogP contribution is 2.31. The van der Waals surface area contributed by atoms with Crippen molar-refractivity contribution in [3.63, 3.8) is 0 Å². The van der Waals surface area contributed by atoms with Crippen LogP contribution in [0.4, 0.5) is 0 Å². The molecule has 1 aliphatic rings. The van der Waals surface area contributed by atoms with E-state index in [4.69, 9.17) is 14.5 Å². The zero-order chi connectivity index (χ0) is 23.9. The molecule has 2 aromatic carbocycles. The molecule has 0 radical (unpaired) electrons. The van der Waals surface area contributed by atoms with Crippen LogP contribution in [0.25, 0.3) is 10.9 Å². The van der Waals surface area contributed by atoms with E-state index >= 15 is 0 Å². The van der Waals surface area contributed by atoms with Crippen molar-refractivity contribution in [2.45, 2.75) is 50.9 Å². The molecule has 2 heterocycles. The van der Waals surface area contributed by atoms with E-state index in [1.165, 1.54) is 11.8 Å². The molecule has 0 bridgehead atoms. The number of nitrogens with zero attached hydrogens (tertiary/aromatic N) is 3. The second kappa shape index (κ2) is 11.4. The summed E-state index contributed by atoms with van der Waals surface area (Å²) in [4.78, 5) is 32.5. The third-order valence-electron chi connectivity index (χ3n) is 5.84. The summed E-state index contributed by atoms with van der Waals surface area (Å²) in [6.07, 6.45) is 4.26. The maximum Gasteiger partial charge on any atom is 0.262 e. The second-order valence-electron chi connectivity index (χ2n) is 8.45. The van der Waals surface area contributed by atoms with E-state index in [1.54, 1.807) is 16.5 Å². The minimum atomic E-state index is -0.0401. The van der Waals surface area contributed by atoms with E-state index in [9.17, 15) is 9.59 Å². The molecular weight excluding hydrogens is 450 g/mol. The summed E-state index contributed by atoms with van der Waals surface area (Å²) in [5.74, 6) is 1.63. The van der Waals surface area contributed by atoms with E-state index in [0.717, 1.165) is 37.0 Å². The number of rotatable bonds is 10. The van der Waals surface area contributed by atoms with Gasteiger partial charge in [-0.1, -0.05) is 56.1 Å².